The minimum atomic E-state index is -1.42. The number of nitrogens with zero attached hydrogens (tertiary/aromatic N) is 2. The molecule has 0 radical (unpaired) electrons. The number of Topliss-reactive ketones (excluding diaryl/α,β-unsaturated/α-hetero) is 1. The third kappa shape index (κ3) is 14.9. The van der Waals surface area contributed by atoms with E-state index in [-0.39, 0.29) is 49.7 Å². The molecule has 8 atom stereocenters. The van der Waals surface area contributed by atoms with E-state index >= 15 is 0 Å². The van der Waals surface area contributed by atoms with Crippen LogP contribution in [-0.4, -0.2) is 117 Å². The second-order valence-electron chi connectivity index (χ2n) is 15.9. The van der Waals surface area contributed by atoms with Gasteiger partial charge in [-0.1, -0.05) is 69.4 Å². The van der Waals surface area contributed by atoms with Gasteiger partial charge >= 0.3 is 5.97 Å². The molecule has 2 aliphatic rings. The quantitative estimate of drug-likeness (QED) is 0.108. The topological polar surface area (TPSA) is 215 Å². The maximum atomic E-state index is 14.3. The standard InChI is InChI=1S/C45H65N5O10/c1-8-49(9-2)39(54)22-13-16-29(5)38-21-12-10-11-20-37(53)31(7)41(55)34(24-23-30(6)51)42(56)47-40(28(3)4)43(57)46-36(27-32-17-14-18-33(52)26-32)44(58)50-25-15-19-35(48-50)45(59)60-38/h10-14,16-18,20,22,26,28,31,34-38,40-41,48,52-53,55H,8-9,15,19,21,23-25,27H2,1-7H3,(H,46,57)(H,47,56)/t31-,34+,35?,36-,37-,38-,40-,41+/m0/s1. The van der Waals surface area contributed by atoms with Crippen LogP contribution in [0.1, 0.15) is 86.1 Å². The highest BCUT2D eigenvalue weighted by atomic mass is 16.5. The van der Waals surface area contributed by atoms with Gasteiger partial charge in [0.1, 0.15) is 35.8 Å². The SMILES string of the molecule is CCN(CC)C(=O)C=CC=C(C)[C@@H]1CC=CC=C[C@H](O)[C@H](C)[C@@H](O)[C@@H](CCC(C)=O)C(=O)N[C@@H](C(C)C)C(=O)N[C@@H](Cc2cccc(O)c2)C(=O)N2CCCC(N2)C(=O)O1. The largest absolute Gasteiger partial charge is 0.508 e. The summed E-state index contributed by atoms with van der Waals surface area (Å²) in [6.45, 7) is 13.2. The van der Waals surface area contributed by atoms with E-state index in [1.54, 1.807) is 75.1 Å². The fraction of sp³-hybridized carbons (Fsp3) is 0.556. The summed E-state index contributed by atoms with van der Waals surface area (Å²) in [5.74, 6) is -5.51. The molecule has 1 fully saturated rings. The number of phenols is 1. The first kappa shape index (κ1) is 49.2. The van der Waals surface area contributed by atoms with Gasteiger partial charge in [0, 0.05) is 50.9 Å². The van der Waals surface area contributed by atoms with Crippen molar-refractivity contribution in [3.05, 3.63) is 77.9 Å². The number of hydrogen-bond donors (Lipinski definition) is 6. The molecule has 0 spiro atoms. The zero-order valence-corrected chi connectivity index (χ0v) is 36.0. The maximum absolute atomic E-state index is 14.3. The van der Waals surface area contributed by atoms with Gasteiger partial charge < -0.3 is 40.4 Å². The molecule has 0 saturated carbocycles. The Morgan fingerprint density at radius 2 is 1.75 bits per heavy atom. The number of fused-ring (bicyclic) bond motifs is 2. The summed E-state index contributed by atoms with van der Waals surface area (Å²) in [7, 11) is 0. The number of ether oxygens (including phenoxy) is 1. The Bertz CT molecular complexity index is 1770. The number of rotatable bonds is 11. The molecule has 1 aromatic carbocycles. The number of likely N-dealkylation sites (N-methyl/N-ethyl adjacent to an activating group) is 1. The normalized spacial score (nSPS) is 26.8. The lowest BCUT2D eigenvalue weighted by molar-refractivity contribution is -0.156. The predicted octanol–water partition coefficient (Wildman–Crippen LogP) is 3.20. The van der Waals surface area contributed by atoms with Gasteiger partial charge in [-0.05, 0) is 76.1 Å². The highest BCUT2D eigenvalue weighted by Crippen LogP contribution is 2.24. The van der Waals surface area contributed by atoms with E-state index in [9.17, 15) is 44.1 Å². The van der Waals surface area contributed by atoms with E-state index < -0.39 is 77.9 Å². The van der Waals surface area contributed by atoms with Crippen molar-refractivity contribution in [1.82, 2.24) is 26.0 Å². The van der Waals surface area contributed by atoms with Crippen molar-refractivity contribution in [2.24, 2.45) is 17.8 Å². The average molecular weight is 836 g/mol. The van der Waals surface area contributed by atoms with E-state index in [1.165, 1.54) is 36.2 Å². The number of hydrazine groups is 1. The number of hydrogen-bond acceptors (Lipinski definition) is 11. The summed E-state index contributed by atoms with van der Waals surface area (Å²) >= 11 is 0. The Kier molecular flexibility index (Phi) is 19.9. The van der Waals surface area contributed by atoms with Crippen LogP contribution in [0.4, 0.5) is 0 Å². The molecule has 0 aromatic heterocycles. The molecule has 6 N–H and O–H groups in total. The van der Waals surface area contributed by atoms with Crippen LogP contribution in [0.25, 0.3) is 0 Å². The van der Waals surface area contributed by atoms with Gasteiger partial charge in [-0.2, -0.15) is 0 Å². The number of phenolic OH excluding ortho intramolecular Hbond substituents is 1. The lowest BCUT2D eigenvalue weighted by atomic mass is 9.84. The average Bonchev–Trinajstić information content (AvgIpc) is 3.21. The summed E-state index contributed by atoms with van der Waals surface area (Å²) in [6.07, 6.45) is 8.64. The number of carbonyl (C=O) groups is 6. The molecule has 1 unspecified atom stereocenters. The molecule has 4 amide bonds. The number of benzene rings is 1. The number of amides is 4. The Labute approximate surface area is 353 Å². The van der Waals surface area contributed by atoms with Gasteiger partial charge in [-0.3, -0.25) is 29.0 Å². The first-order chi connectivity index (χ1) is 28.5. The lowest BCUT2D eigenvalue weighted by Gasteiger charge is -2.36. The monoisotopic (exact) mass is 835 g/mol. The molecule has 330 valence electrons. The molecule has 15 heteroatoms. The van der Waals surface area contributed by atoms with Crippen LogP contribution in [0.2, 0.25) is 0 Å². The molecular weight excluding hydrogens is 771 g/mol. The number of nitrogens with one attached hydrogen (secondary N) is 3. The van der Waals surface area contributed by atoms with Crippen LogP contribution in [-0.2, 0) is 39.9 Å². The summed E-state index contributed by atoms with van der Waals surface area (Å²) in [5.41, 5.74) is 4.18. The number of cyclic esters (lactones) is 1. The number of carbonyl (C=O) groups excluding carboxylic acids is 6. The number of aromatic hydroxyl groups is 1. The van der Waals surface area contributed by atoms with Crippen molar-refractivity contribution in [2.45, 2.75) is 123 Å². The van der Waals surface area contributed by atoms with E-state index in [0.717, 1.165) is 0 Å². The molecule has 3 rings (SSSR count). The Morgan fingerprint density at radius 3 is 2.40 bits per heavy atom. The highest BCUT2D eigenvalue weighted by Gasteiger charge is 2.38. The van der Waals surface area contributed by atoms with Gasteiger partial charge in [0.05, 0.1) is 18.1 Å². The minimum absolute atomic E-state index is 0.0268. The van der Waals surface area contributed by atoms with Crippen LogP contribution in [0.3, 0.4) is 0 Å². The van der Waals surface area contributed by atoms with Crippen molar-refractivity contribution >= 4 is 35.4 Å². The second-order valence-corrected chi connectivity index (χ2v) is 15.9. The summed E-state index contributed by atoms with van der Waals surface area (Å²) in [6, 6.07) is 2.93. The molecule has 60 heavy (non-hydrogen) atoms. The zero-order valence-electron chi connectivity index (χ0n) is 36.0. The van der Waals surface area contributed by atoms with Gasteiger partial charge in [-0.25, -0.2) is 5.43 Å². The molecule has 15 nitrogen and oxygen atoms in total. The van der Waals surface area contributed by atoms with Crippen molar-refractivity contribution in [3.63, 3.8) is 0 Å². The van der Waals surface area contributed by atoms with Crippen molar-refractivity contribution in [1.29, 1.82) is 0 Å². The summed E-state index contributed by atoms with van der Waals surface area (Å²) in [5, 5.41) is 39.6. The molecule has 1 aromatic rings. The van der Waals surface area contributed by atoms with E-state index in [4.69, 9.17) is 4.74 Å². The minimum Gasteiger partial charge on any atom is -0.508 e. The number of aliphatic hydroxyl groups is 2. The van der Waals surface area contributed by atoms with Crippen LogP contribution < -0.4 is 16.1 Å². The molecular formula is C45H65N5O10. The number of allylic oxidation sites excluding steroid dienone is 4. The second kappa shape index (κ2) is 24.2. The lowest BCUT2D eigenvalue weighted by Crippen LogP contribution is -2.62. The van der Waals surface area contributed by atoms with Gasteiger partial charge in [0.15, 0.2) is 0 Å². The van der Waals surface area contributed by atoms with E-state index in [1.807, 2.05) is 13.8 Å². The molecule has 2 bridgehead atoms. The Morgan fingerprint density at radius 1 is 1.03 bits per heavy atom. The van der Waals surface area contributed by atoms with Crippen LogP contribution in [0, 0.1) is 17.8 Å². The predicted molar refractivity (Wildman–Crippen MR) is 227 cm³/mol. The number of esters is 1. The molecule has 1 saturated heterocycles. The zero-order chi connectivity index (χ0) is 44.5. The van der Waals surface area contributed by atoms with Crippen LogP contribution >= 0.6 is 0 Å². The third-order valence-corrected chi connectivity index (χ3v) is 10.9. The Hall–Kier alpha value is -5.12. The molecule has 2 heterocycles. The van der Waals surface area contributed by atoms with Crippen molar-refractivity contribution in [3.8, 4) is 5.75 Å². The van der Waals surface area contributed by atoms with Gasteiger partial charge in [-0.15, -0.1) is 0 Å². The van der Waals surface area contributed by atoms with Crippen LogP contribution in [0.15, 0.2) is 72.4 Å². The third-order valence-electron chi connectivity index (χ3n) is 10.9. The van der Waals surface area contributed by atoms with Gasteiger partial charge in [0.25, 0.3) is 5.91 Å². The first-order valence-corrected chi connectivity index (χ1v) is 21.0. The fourth-order valence-corrected chi connectivity index (χ4v) is 7.08. The van der Waals surface area contributed by atoms with E-state index in [0.29, 0.717) is 37.1 Å². The van der Waals surface area contributed by atoms with Crippen LogP contribution in [0.5, 0.6) is 5.75 Å². The molecule has 0 aliphatic carbocycles. The number of ketones is 1. The Balaban J connectivity index is 2.07. The van der Waals surface area contributed by atoms with E-state index in [2.05, 4.69) is 16.1 Å². The number of aliphatic hydroxyl groups excluding tert-OH is 2. The van der Waals surface area contributed by atoms with Gasteiger partial charge in [0.2, 0.25) is 17.7 Å². The summed E-state index contributed by atoms with van der Waals surface area (Å²) in [4.78, 5) is 82.4. The van der Waals surface area contributed by atoms with Crippen molar-refractivity contribution < 1.29 is 48.8 Å². The summed E-state index contributed by atoms with van der Waals surface area (Å²) < 4.78 is 6.04. The maximum Gasteiger partial charge on any atom is 0.325 e. The molecule has 2 aliphatic heterocycles. The highest BCUT2D eigenvalue weighted by molar-refractivity contribution is 5.93. The fourth-order valence-electron chi connectivity index (χ4n) is 7.08. The first-order valence-electron chi connectivity index (χ1n) is 21.0. The van der Waals surface area contributed by atoms with Crippen molar-refractivity contribution in [2.75, 3.05) is 19.6 Å². The smallest absolute Gasteiger partial charge is 0.325 e.